The highest BCUT2D eigenvalue weighted by Gasteiger charge is 2.21. The zero-order valence-corrected chi connectivity index (χ0v) is 7.48. The molecule has 1 amide bonds. The number of nitrogens with zero attached hydrogens (tertiary/aromatic N) is 1. The van der Waals surface area contributed by atoms with E-state index in [-0.39, 0.29) is 0 Å². The molecule has 0 aliphatic carbocycles. The van der Waals surface area contributed by atoms with E-state index in [9.17, 15) is 15.0 Å². The molecule has 0 saturated heterocycles. The van der Waals surface area contributed by atoms with Gasteiger partial charge in [0.25, 0.3) is 0 Å². The summed E-state index contributed by atoms with van der Waals surface area (Å²) >= 11 is 0. The lowest BCUT2D eigenvalue weighted by Crippen LogP contribution is -2.51. The molecule has 3 atom stereocenters. The second-order valence-electron chi connectivity index (χ2n) is 2.63. The van der Waals surface area contributed by atoms with Crippen LogP contribution in [0.4, 0.5) is 0 Å². The SMILES string of the molecule is CC(O)N(C(C)O)C(C)N[C]=O. The first kappa shape index (κ1) is 11.4. The van der Waals surface area contributed by atoms with Crippen molar-refractivity contribution in [1.29, 1.82) is 0 Å². The summed E-state index contributed by atoms with van der Waals surface area (Å²) in [6.45, 7) is 4.66. The quantitative estimate of drug-likeness (QED) is 0.369. The molecule has 0 aromatic rings. The Labute approximate surface area is 72.0 Å². The summed E-state index contributed by atoms with van der Waals surface area (Å²) in [4.78, 5) is 11.3. The summed E-state index contributed by atoms with van der Waals surface area (Å²) in [5.41, 5.74) is 0. The summed E-state index contributed by atoms with van der Waals surface area (Å²) in [7, 11) is 0. The van der Waals surface area contributed by atoms with E-state index in [2.05, 4.69) is 5.32 Å². The lowest BCUT2D eigenvalue weighted by molar-refractivity contribution is -0.108. The van der Waals surface area contributed by atoms with Gasteiger partial charge in [-0.3, -0.25) is 4.79 Å². The van der Waals surface area contributed by atoms with E-state index in [1.54, 1.807) is 6.92 Å². The van der Waals surface area contributed by atoms with Crippen molar-refractivity contribution in [2.75, 3.05) is 0 Å². The van der Waals surface area contributed by atoms with E-state index < -0.39 is 18.6 Å². The Hall–Kier alpha value is -0.650. The minimum atomic E-state index is -0.819. The molecular formula is C7H15N2O3. The predicted molar refractivity (Wildman–Crippen MR) is 43.5 cm³/mol. The smallest absolute Gasteiger partial charge is 0.310 e. The third-order valence-electron chi connectivity index (χ3n) is 1.58. The van der Waals surface area contributed by atoms with Gasteiger partial charge < -0.3 is 15.5 Å². The van der Waals surface area contributed by atoms with Crippen LogP contribution >= 0.6 is 0 Å². The van der Waals surface area contributed by atoms with Crippen LogP contribution < -0.4 is 5.32 Å². The van der Waals surface area contributed by atoms with E-state index >= 15 is 0 Å². The number of hydrogen-bond acceptors (Lipinski definition) is 4. The molecule has 0 aromatic carbocycles. The molecule has 0 aliphatic rings. The molecule has 5 heteroatoms. The van der Waals surface area contributed by atoms with Gasteiger partial charge in [0.2, 0.25) is 0 Å². The van der Waals surface area contributed by atoms with Gasteiger partial charge in [-0.25, -0.2) is 4.90 Å². The average Bonchev–Trinajstić information content (AvgIpc) is 1.85. The molecule has 0 spiro atoms. The molecule has 3 N–H and O–H groups in total. The number of amides is 1. The molecule has 5 nitrogen and oxygen atoms in total. The second-order valence-corrected chi connectivity index (χ2v) is 2.63. The van der Waals surface area contributed by atoms with Crippen LogP contribution in [0.1, 0.15) is 20.8 Å². The van der Waals surface area contributed by atoms with Crippen molar-refractivity contribution in [1.82, 2.24) is 10.2 Å². The van der Waals surface area contributed by atoms with Crippen molar-refractivity contribution in [3.8, 4) is 0 Å². The molecule has 0 aromatic heterocycles. The van der Waals surface area contributed by atoms with E-state index in [0.717, 1.165) is 0 Å². The first-order chi connectivity index (χ1) is 5.50. The number of rotatable bonds is 5. The molecule has 3 unspecified atom stereocenters. The van der Waals surface area contributed by atoms with Crippen molar-refractivity contribution >= 4 is 6.41 Å². The number of aliphatic hydroxyl groups excluding tert-OH is 2. The molecule has 0 aliphatic heterocycles. The number of hydrogen-bond donors (Lipinski definition) is 3. The molecule has 0 saturated carbocycles. The van der Waals surface area contributed by atoms with Crippen LogP contribution in [-0.2, 0) is 4.79 Å². The fourth-order valence-electron chi connectivity index (χ4n) is 1.12. The highest BCUT2D eigenvalue weighted by molar-refractivity contribution is 5.47. The molecular weight excluding hydrogens is 160 g/mol. The fourth-order valence-corrected chi connectivity index (χ4v) is 1.12. The van der Waals surface area contributed by atoms with Crippen molar-refractivity contribution in [3.05, 3.63) is 0 Å². The van der Waals surface area contributed by atoms with E-state index in [1.165, 1.54) is 25.2 Å². The van der Waals surface area contributed by atoms with E-state index in [1.807, 2.05) is 0 Å². The third-order valence-corrected chi connectivity index (χ3v) is 1.58. The summed E-state index contributed by atoms with van der Waals surface area (Å²) in [6.07, 6.45) is -0.586. The fraction of sp³-hybridized carbons (Fsp3) is 0.857. The maximum atomic E-state index is 9.94. The Kier molecular flexibility index (Phi) is 4.80. The first-order valence-corrected chi connectivity index (χ1v) is 3.77. The molecule has 0 rings (SSSR count). The topological polar surface area (TPSA) is 72.8 Å². The van der Waals surface area contributed by atoms with Gasteiger partial charge in [0, 0.05) is 0 Å². The Bertz CT molecular complexity index is 131. The Morgan fingerprint density at radius 1 is 1.25 bits per heavy atom. The minimum absolute atomic E-state index is 0.442. The van der Waals surface area contributed by atoms with Crippen LogP contribution in [0.3, 0.4) is 0 Å². The van der Waals surface area contributed by atoms with Crippen LogP contribution in [0, 0.1) is 0 Å². The van der Waals surface area contributed by atoms with Crippen LogP contribution in [-0.4, -0.2) is 40.1 Å². The van der Waals surface area contributed by atoms with Gasteiger partial charge in [0.15, 0.2) is 0 Å². The molecule has 12 heavy (non-hydrogen) atoms. The van der Waals surface area contributed by atoms with Gasteiger partial charge in [-0.1, -0.05) is 0 Å². The van der Waals surface area contributed by atoms with Gasteiger partial charge in [0.05, 0.1) is 6.17 Å². The predicted octanol–water partition coefficient (Wildman–Crippen LogP) is -1.03. The minimum Gasteiger partial charge on any atom is -0.379 e. The first-order valence-electron chi connectivity index (χ1n) is 3.77. The van der Waals surface area contributed by atoms with E-state index in [4.69, 9.17) is 0 Å². The Balaban J connectivity index is 4.18. The van der Waals surface area contributed by atoms with Crippen molar-refractivity contribution < 1.29 is 15.0 Å². The second kappa shape index (κ2) is 5.08. The van der Waals surface area contributed by atoms with Crippen LogP contribution in [0.2, 0.25) is 0 Å². The average molecular weight is 175 g/mol. The summed E-state index contributed by atoms with van der Waals surface area (Å²) < 4.78 is 0. The zero-order valence-electron chi connectivity index (χ0n) is 7.48. The zero-order chi connectivity index (χ0) is 9.72. The molecule has 71 valence electrons. The molecule has 0 heterocycles. The molecule has 0 fully saturated rings. The van der Waals surface area contributed by atoms with Crippen molar-refractivity contribution in [2.45, 2.75) is 39.4 Å². The van der Waals surface area contributed by atoms with Gasteiger partial charge in [-0.15, -0.1) is 0 Å². The molecule has 1 radical (unpaired) electrons. The Morgan fingerprint density at radius 3 is 1.92 bits per heavy atom. The third kappa shape index (κ3) is 3.17. The van der Waals surface area contributed by atoms with Gasteiger partial charge >= 0.3 is 6.41 Å². The van der Waals surface area contributed by atoms with Crippen LogP contribution in [0.5, 0.6) is 0 Å². The molecule has 0 bridgehead atoms. The van der Waals surface area contributed by atoms with Crippen molar-refractivity contribution in [2.24, 2.45) is 0 Å². The largest absolute Gasteiger partial charge is 0.379 e. The lowest BCUT2D eigenvalue weighted by atomic mass is 10.4. The van der Waals surface area contributed by atoms with E-state index in [0.29, 0.717) is 0 Å². The normalized spacial score (nSPS) is 18.5. The summed E-state index contributed by atoms with van der Waals surface area (Å²) in [5, 5.41) is 20.7. The van der Waals surface area contributed by atoms with Gasteiger partial charge in [0.1, 0.15) is 12.5 Å². The van der Waals surface area contributed by atoms with Crippen LogP contribution in [0.15, 0.2) is 0 Å². The number of nitrogens with one attached hydrogen (secondary N) is 1. The maximum absolute atomic E-state index is 9.94. The Morgan fingerprint density at radius 2 is 1.67 bits per heavy atom. The maximum Gasteiger partial charge on any atom is 0.310 e. The van der Waals surface area contributed by atoms with Crippen LogP contribution in [0.25, 0.3) is 0 Å². The highest BCUT2D eigenvalue weighted by atomic mass is 16.3. The number of aliphatic hydroxyl groups is 2. The lowest BCUT2D eigenvalue weighted by Gasteiger charge is -2.32. The summed E-state index contributed by atoms with van der Waals surface area (Å²) in [6, 6.07) is 0. The van der Waals surface area contributed by atoms with Crippen molar-refractivity contribution in [3.63, 3.8) is 0 Å². The standard InChI is InChI=1S/C7H15N2O3/c1-5(8-4-10)9(6(2)11)7(3)12/h5-7,11-12H,1-3H3,(H,8,10). The monoisotopic (exact) mass is 175 g/mol. The highest BCUT2D eigenvalue weighted by Crippen LogP contribution is 2.04. The number of carbonyl (C=O) groups excluding carboxylic acids is 1. The van der Waals surface area contributed by atoms with Gasteiger partial charge in [-0.2, -0.15) is 0 Å². The van der Waals surface area contributed by atoms with Gasteiger partial charge in [-0.05, 0) is 20.8 Å². The summed E-state index contributed by atoms with van der Waals surface area (Å²) in [5.74, 6) is 0.